The summed E-state index contributed by atoms with van der Waals surface area (Å²) in [4.78, 5) is 11.1. The number of H-pyrrole nitrogens is 1. The van der Waals surface area contributed by atoms with E-state index in [1.54, 1.807) is 0 Å². The Morgan fingerprint density at radius 3 is 2.88 bits per heavy atom. The van der Waals surface area contributed by atoms with Gasteiger partial charge in [-0.05, 0) is 44.6 Å². The number of nitrogens with one attached hydrogen (secondary N) is 1. The van der Waals surface area contributed by atoms with Gasteiger partial charge in [0.15, 0.2) is 5.69 Å². The van der Waals surface area contributed by atoms with Crippen molar-refractivity contribution < 1.29 is 4.79 Å². The first-order valence-electron chi connectivity index (χ1n) is 4.26. The molecule has 0 saturated heterocycles. The molecule has 0 atom stereocenters. The largest absolute Gasteiger partial charge is 0.364 e. The van der Waals surface area contributed by atoms with Crippen LogP contribution in [0.4, 0.5) is 0 Å². The third kappa shape index (κ3) is 1.96. The first-order valence-corrected chi connectivity index (χ1v) is 6.13. The lowest BCUT2D eigenvalue weighted by Crippen LogP contribution is -2.12. The smallest absolute Gasteiger partial charge is 0.271 e. The van der Waals surface area contributed by atoms with Gasteiger partial charge in [-0.2, -0.15) is 15.4 Å². The lowest BCUT2D eigenvalue weighted by Gasteiger charge is -2.03. The molecule has 0 spiro atoms. The fraction of sp³-hybridized carbons (Fsp3) is 0. The summed E-state index contributed by atoms with van der Waals surface area (Å²) in [6.07, 6.45) is 0. The molecule has 0 fully saturated rings. The third-order valence-electron chi connectivity index (χ3n) is 1.99. The SMILES string of the molecule is NC(=O)c1n[nH]nc1-c1cccc(I)c1Br. The number of nitrogens with two attached hydrogens (primary N) is 1. The molecule has 16 heavy (non-hydrogen) atoms. The van der Waals surface area contributed by atoms with Crippen LogP contribution < -0.4 is 5.73 Å². The summed E-state index contributed by atoms with van der Waals surface area (Å²) < 4.78 is 1.89. The van der Waals surface area contributed by atoms with Crippen molar-refractivity contribution in [2.24, 2.45) is 5.73 Å². The van der Waals surface area contributed by atoms with Crippen LogP contribution in [-0.4, -0.2) is 21.3 Å². The molecule has 1 aromatic carbocycles. The molecule has 82 valence electrons. The van der Waals surface area contributed by atoms with Gasteiger partial charge in [0.05, 0.1) is 0 Å². The van der Waals surface area contributed by atoms with Crippen LogP contribution in [0, 0.1) is 3.57 Å². The van der Waals surface area contributed by atoms with Crippen LogP contribution >= 0.6 is 38.5 Å². The normalized spacial score (nSPS) is 10.4. The van der Waals surface area contributed by atoms with Crippen molar-refractivity contribution in [2.45, 2.75) is 0 Å². The van der Waals surface area contributed by atoms with Crippen molar-refractivity contribution in [3.63, 3.8) is 0 Å². The van der Waals surface area contributed by atoms with Gasteiger partial charge in [-0.1, -0.05) is 12.1 Å². The summed E-state index contributed by atoms with van der Waals surface area (Å²) in [5, 5.41) is 10.1. The van der Waals surface area contributed by atoms with Crippen molar-refractivity contribution >= 4 is 44.4 Å². The van der Waals surface area contributed by atoms with E-state index in [9.17, 15) is 4.79 Å². The molecule has 0 radical (unpaired) electrons. The zero-order chi connectivity index (χ0) is 11.7. The summed E-state index contributed by atoms with van der Waals surface area (Å²) in [5.74, 6) is -0.602. The number of halogens is 2. The number of hydrogen-bond acceptors (Lipinski definition) is 3. The highest BCUT2D eigenvalue weighted by atomic mass is 127. The maximum absolute atomic E-state index is 11.1. The van der Waals surface area contributed by atoms with E-state index in [0.717, 1.165) is 13.6 Å². The Morgan fingerprint density at radius 1 is 1.44 bits per heavy atom. The number of amides is 1. The summed E-state index contributed by atoms with van der Waals surface area (Å²) in [7, 11) is 0. The van der Waals surface area contributed by atoms with Gasteiger partial charge in [-0.25, -0.2) is 0 Å². The zero-order valence-corrected chi connectivity index (χ0v) is 11.6. The Kier molecular flexibility index (Phi) is 3.24. The molecule has 7 heteroatoms. The molecular formula is C9H6BrIN4O. The predicted molar refractivity (Wildman–Crippen MR) is 70.8 cm³/mol. The molecule has 1 heterocycles. The minimum Gasteiger partial charge on any atom is -0.364 e. The van der Waals surface area contributed by atoms with Gasteiger partial charge in [0.1, 0.15) is 5.69 Å². The van der Waals surface area contributed by atoms with Crippen LogP contribution in [0.1, 0.15) is 10.5 Å². The summed E-state index contributed by atoms with van der Waals surface area (Å²) >= 11 is 5.63. The number of primary amides is 1. The quantitative estimate of drug-likeness (QED) is 0.766. The van der Waals surface area contributed by atoms with Crippen LogP contribution in [0.3, 0.4) is 0 Å². The topological polar surface area (TPSA) is 84.7 Å². The number of hydrogen-bond donors (Lipinski definition) is 2. The standard InChI is InChI=1S/C9H6BrIN4O/c10-6-4(2-1-3-5(6)11)7-8(9(12)16)14-15-13-7/h1-3H,(H2,12,16)(H,13,14,15). The Bertz CT molecular complexity index is 554. The molecule has 0 bridgehead atoms. The minimum absolute atomic E-state index is 0.141. The fourth-order valence-electron chi connectivity index (χ4n) is 1.28. The van der Waals surface area contributed by atoms with Crippen molar-refractivity contribution in [1.29, 1.82) is 0 Å². The average molecular weight is 393 g/mol. The van der Waals surface area contributed by atoms with Crippen molar-refractivity contribution in [2.75, 3.05) is 0 Å². The first kappa shape index (κ1) is 11.5. The molecule has 3 N–H and O–H groups in total. The van der Waals surface area contributed by atoms with Gasteiger partial charge < -0.3 is 5.73 Å². The molecular weight excluding hydrogens is 387 g/mol. The van der Waals surface area contributed by atoms with E-state index in [1.165, 1.54) is 0 Å². The van der Waals surface area contributed by atoms with Crippen LogP contribution in [0.2, 0.25) is 0 Å². The number of benzene rings is 1. The van der Waals surface area contributed by atoms with E-state index in [2.05, 4.69) is 53.9 Å². The van der Waals surface area contributed by atoms with Gasteiger partial charge in [-0.15, -0.1) is 0 Å². The predicted octanol–water partition coefficient (Wildman–Crippen LogP) is 1.94. The number of aromatic nitrogens is 3. The third-order valence-corrected chi connectivity index (χ3v) is 4.48. The Morgan fingerprint density at radius 2 is 2.19 bits per heavy atom. The molecule has 0 aliphatic rings. The average Bonchev–Trinajstić information content (AvgIpc) is 2.70. The second-order valence-electron chi connectivity index (χ2n) is 2.99. The van der Waals surface area contributed by atoms with Crippen LogP contribution in [0.5, 0.6) is 0 Å². The number of carbonyl (C=O) groups excluding carboxylic acids is 1. The number of nitrogens with zero attached hydrogens (tertiary/aromatic N) is 2. The van der Waals surface area contributed by atoms with Gasteiger partial charge in [-0.3, -0.25) is 4.79 Å². The monoisotopic (exact) mass is 392 g/mol. The van der Waals surface area contributed by atoms with Gasteiger partial charge >= 0.3 is 0 Å². The van der Waals surface area contributed by atoms with E-state index in [-0.39, 0.29) is 5.69 Å². The molecule has 1 aromatic heterocycles. The maximum atomic E-state index is 11.1. The molecule has 0 unspecified atom stereocenters. The summed E-state index contributed by atoms with van der Waals surface area (Å²) in [6, 6.07) is 5.66. The maximum Gasteiger partial charge on any atom is 0.271 e. The van der Waals surface area contributed by atoms with E-state index >= 15 is 0 Å². The fourth-order valence-corrected chi connectivity index (χ4v) is 2.23. The van der Waals surface area contributed by atoms with Crippen LogP contribution in [0.15, 0.2) is 22.7 Å². The highest BCUT2D eigenvalue weighted by Crippen LogP contribution is 2.31. The van der Waals surface area contributed by atoms with E-state index in [4.69, 9.17) is 5.73 Å². The first-order chi connectivity index (χ1) is 7.61. The van der Waals surface area contributed by atoms with Crippen molar-refractivity contribution in [1.82, 2.24) is 15.4 Å². The molecule has 0 aliphatic carbocycles. The van der Waals surface area contributed by atoms with Crippen LogP contribution in [0.25, 0.3) is 11.3 Å². The summed E-state index contributed by atoms with van der Waals surface area (Å²) in [6.45, 7) is 0. The number of aromatic amines is 1. The Labute approximate surface area is 113 Å². The highest BCUT2D eigenvalue weighted by molar-refractivity contribution is 14.1. The molecule has 2 rings (SSSR count). The highest BCUT2D eigenvalue weighted by Gasteiger charge is 2.17. The van der Waals surface area contributed by atoms with E-state index in [0.29, 0.717) is 5.69 Å². The number of carbonyl (C=O) groups is 1. The van der Waals surface area contributed by atoms with Gasteiger partial charge in [0, 0.05) is 13.6 Å². The lowest BCUT2D eigenvalue weighted by atomic mass is 10.1. The summed E-state index contributed by atoms with van der Waals surface area (Å²) in [5.41, 5.74) is 6.59. The second-order valence-corrected chi connectivity index (χ2v) is 4.94. The van der Waals surface area contributed by atoms with Crippen LogP contribution in [-0.2, 0) is 0 Å². The molecule has 0 saturated carbocycles. The van der Waals surface area contributed by atoms with E-state index in [1.807, 2.05) is 18.2 Å². The molecule has 1 amide bonds. The van der Waals surface area contributed by atoms with E-state index < -0.39 is 5.91 Å². The zero-order valence-electron chi connectivity index (χ0n) is 7.87. The van der Waals surface area contributed by atoms with Gasteiger partial charge in [0.25, 0.3) is 5.91 Å². The Hall–Kier alpha value is -0.960. The Balaban J connectivity index is 2.63. The molecule has 2 aromatic rings. The molecule has 0 aliphatic heterocycles. The lowest BCUT2D eigenvalue weighted by molar-refractivity contribution is 0.0996. The number of rotatable bonds is 2. The van der Waals surface area contributed by atoms with Crippen molar-refractivity contribution in [3.05, 3.63) is 31.9 Å². The van der Waals surface area contributed by atoms with Crippen molar-refractivity contribution in [3.8, 4) is 11.3 Å². The minimum atomic E-state index is -0.602. The molecule has 5 nitrogen and oxygen atoms in total. The second kappa shape index (κ2) is 4.50. The van der Waals surface area contributed by atoms with Gasteiger partial charge in [0.2, 0.25) is 0 Å².